The third kappa shape index (κ3) is 4.06. The number of carbonyl (C=O) groups is 2. The number of carbonyl (C=O) groups excluding carboxylic acids is 2. The molecule has 0 spiro atoms. The molecule has 160 valence electrons. The van der Waals surface area contributed by atoms with Gasteiger partial charge in [-0.2, -0.15) is 0 Å². The van der Waals surface area contributed by atoms with Crippen LogP contribution in [0.5, 0.6) is 11.5 Å². The second kappa shape index (κ2) is 8.30. The van der Waals surface area contributed by atoms with Gasteiger partial charge in [0.1, 0.15) is 11.5 Å². The van der Waals surface area contributed by atoms with E-state index < -0.39 is 5.97 Å². The van der Waals surface area contributed by atoms with Gasteiger partial charge in [0.2, 0.25) is 5.78 Å². The average Bonchev–Trinajstić information content (AvgIpc) is 3.24. The molecule has 0 saturated heterocycles. The highest BCUT2D eigenvalue weighted by atomic mass is 16.6. The Morgan fingerprint density at radius 1 is 1.23 bits per heavy atom. The van der Waals surface area contributed by atoms with Crippen LogP contribution < -0.4 is 9.47 Å². The zero-order valence-corrected chi connectivity index (χ0v) is 18.1. The molecule has 0 atom stereocenters. The summed E-state index contributed by atoms with van der Waals surface area (Å²) in [6.45, 7) is 8.09. The number of allylic oxidation sites excluding steroid dienone is 1. The number of para-hydroxylation sites is 1. The number of rotatable bonds is 6. The van der Waals surface area contributed by atoms with E-state index in [4.69, 9.17) is 14.2 Å². The molecule has 2 aromatic carbocycles. The molecule has 0 radical (unpaired) electrons. The number of hydrogen-bond donors (Lipinski definition) is 0. The fourth-order valence-corrected chi connectivity index (χ4v) is 3.79. The summed E-state index contributed by atoms with van der Waals surface area (Å²) in [5, 5.41) is 1.06. The average molecular weight is 419 g/mol. The van der Waals surface area contributed by atoms with Crippen molar-refractivity contribution in [3.05, 3.63) is 65.0 Å². The number of nitrogens with zero attached hydrogens (tertiary/aromatic N) is 1. The molecule has 2 heterocycles. The molecule has 1 aromatic heterocycles. The first-order valence-corrected chi connectivity index (χ1v) is 10.4. The summed E-state index contributed by atoms with van der Waals surface area (Å²) in [6, 6.07) is 11.4. The van der Waals surface area contributed by atoms with Crippen LogP contribution in [0, 0.1) is 6.92 Å². The first-order chi connectivity index (χ1) is 14.9. The molecular weight excluding hydrogens is 394 g/mol. The van der Waals surface area contributed by atoms with Gasteiger partial charge in [0, 0.05) is 35.3 Å². The van der Waals surface area contributed by atoms with Gasteiger partial charge in [-0.3, -0.25) is 4.79 Å². The van der Waals surface area contributed by atoms with Crippen LogP contribution in [0.15, 0.2) is 48.4 Å². The van der Waals surface area contributed by atoms with E-state index in [0.717, 1.165) is 28.6 Å². The number of esters is 1. The van der Waals surface area contributed by atoms with Crippen molar-refractivity contribution in [2.45, 2.75) is 40.3 Å². The minimum Gasteiger partial charge on any atom is -0.482 e. The Balaban J connectivity index is 1.61. The van der Waals surface area contributed by atoms with Crippen molar-refractivity contribution >= 4 is 28.7 Å². The second-order valence-electron chi connectivity index (χ2n) is 7.77. The van der Waals surface area contributed by atoms with Gasteiger partial charge >= 0.3 is 5.97 Å². The monoisotopic (exact) mass is 419 g/mol. The largest absolute Gasteiger partial charge is 0.482 e. The van der Waals surface area contributed by atoms with E-state index in [0.29, 0.717) is 17.1 Å². The summed E-state index contributed by atoms with van der Waals surface area (Å²) in [5.41, 5.74) is 3.29. The molecule has 6 heteroatoms. The lowest BCUT2D eigenvalue weighted by Gasteiger charge is -2.10. The molecule has 0 unspecified atom stereocenters. The maximum absolute atomic E-state index is 13.0. The summed E-state index contributed by atoms with van der Waals surface area (Å²) in [5.74, 6) is 0.550. The van der Waals surface area contributed by atoms with Gasteiger partial charge in [-0.1, -0.05) is 18.2 Å². The van der Waals surface area contributed by atoms with Gasteiger partial charge < -0.3 is 18.8 Å². The van der Waals surface area contributed by atoms with Gasteiger partial charge in [0.05, 0.1) is 11.7 Å². The zero-order chi connectivity index (χ0) is 22.1. The van der Waals surface area contributed by atoms with Crippen molar-refractivity contribution < 1.29 is 23.8 Å². The number of ether oxygens (including phenoxy) is 3. The lowest BCUT2D eigenvalue weighted by atomic mass is 10.0. The quantitative estimate of drug-likeness (QED) is 0.419. The van der Waals surface area contributed by atoms with E-state index in [9.17, 15) is 9.59 Å². The number of fused-ring (bicyclic) bond motifs is 2. The first-order valence-electron chi connectivity index (χ1n) is 10.4. The Bertz CT molecular complexity index is 1200. The molecule has 4 rings (SSSR count). The van der Waals surface area contributed by atoms with Gasteiger partial charge in [-0.05, 0) is 51.5 Å². The van der Waals surface area contributed by atoms with E-state index in [1.807, 2.05) is 31.3 Å². The fraction of sp³-hybridized carbons (Fsp3) is 0.280. The second-order valence-corrected chi connectivity index (χ2v) is 7.77. The van der Waals surface area contributed by atoms with Gasteiger partial charge in [0.15, 0.2) is 12.4 Å². The number of Topliss-reactive ketones (excluding diaryl/α,β-unsaturated/α-hetero) is 1. The highest BCUT2D eigenvalue weighted by molar-refractivity contribution is 6.16. The van der Waals surface area contributed by atoms with Crippen LogP contribution in [0.4, 0.5) is 0 Å². The number of hydrogen-bond acceptors (Lipinski definition) is 5. The lowest BCUT2D eigenvalue weighted by molar-refractivity contribution is -0.149. The van der Waals surface area contributed by atoms with E-state index in [1.165, 1.54) is 0 Å². The molecule has 6 nitrogen and oxygen atoms in total. The standard InChI is InChI=1S/C25H25NO5/c1-5-26-13-17(19-8-6-7-9-20(19)26)11-22-25(28)24-16(4)10-18(12-21(24)31-22)29-14-23(27)30-15(2)3/h6-13,15H,5,14H2,1-4H3/b22-11-. The van der Waals surface area contributed by atoms with Crippen LogP contribution in [-0.2, 0) is 16.1 Å². The van der Waals surface area contributed by atoms with E-state index in [1.54, 1.807) is 32.1 Å². The third-order valence-corrected chi connectivity index (χ3v) is 5.11. The summed E-state index contributed by atoms with van der Waals surface area (Å²) in [6.07, 6.45) is 3.61. The van der Waals surface area contributed by atoms with Gasteiger partial charge in [-0.15, -0.1) is 0 Å². The Hall–Kier alpha value is -3.54. The Kier molecular flexibility index (Phi) is 5.55. The van der Waals surface area contributed by atoms with E-state index >= 15 is 0 Å². The molecule has 0 fully saturated rings. The minimum atomic E-state index is -0.446. The van der Waals surface area contributed by atoms with Crippen molar-refractivity contribution in [1.82, 2.24) is 4.57 Å². The van der Waals surface area contributed by atoms with Gasteiger partial charge in [0.25, 0.3) is 0 Å². The molecule has 1 aliphatic heterocycles. The summed E-state index contributed by atoms with van der Waals surface area (Å²) < 4.78 is 18.7. The predicted octanol–water partition coefficient (Wildman–Crippen LogP) is 4.92. The molecule has 0 amide bonds. The smallest absolute Gasteiger partial charge is 0.344 e. The maximum Gasteiger partial charge on any atom is 0.344 e. The highest BCUT2D eigenvalue weighted by Gasteiger charge is 2.30. The SMILES string of the molecule is CCn1cc(/C=C2\Oc3cc(OCC(=O)OC(C)C)cc(C)c3C2=O)c2ccccc21. The summed E-state index contributed by atoms with van der Waals surface area (Å²) >= 11 is 0. The van der Waals surface area contributed by atoms with Crippen molar-refractivity contribution in [3.63, 3.8) is 0 Å². The number of ketones is 1. The maximum atomic E-state index is 13.0. The van der Waals surface area contributed by atoms with Crippen LogP contribution in [-0.4, -0.2) is 29.0 Å². The van der Waals surface area contributed by atoms with Crippen molar-refractivity contribution in [1.29, 1.82) is 0 Å². The van der Waals surface area contributed by atoms with Crippen LogP contribution >= 0.6 is 0 Å². The van der Waals surface area contributed by atoms with E-state index in [2.05, 4.69) is 17.6 Å². The molecule has 0 saturated carbocycles. The molecule has 31 heavy (non-hydrogen) atoms. The fourth-order valence-electron chi connectivity index (χ4n) is 3.79. The molecule has 3 aromatic rings. The van der Waals surface area contributed by atoms with Crippen molar-refractivity contribution in [2.24, 2.45) is 0 Å². The van der Waals surface area contributed by atoms with E-state index in [-0.39, 0.29) is 24.3 Å². The Labute approximate surface area is 181 Å². The highest BCUT2D eigenvalue weighted by Crippen LogP contribution is 2.38. The predicted molar refractivity (Wildman–Crippen MR) is 118 cm³/mol. The number of benzene rings is 2. The van der Waals surface area contributed by atoms with Crippen LogP contribution in [0.2, 0.25) is 0 Å². The molecule has 1 aliphatic rings. The molecule has 0 N–H and O–H groups in total. The van der Waals surface area contributed by atoms with Crippen molar-refractivity contribution in [2.75, 3.05) is 6.61 Å². The van der Waals surface area contributed by atoms with Crippen LogP contribution in [0.3, 0.4) is 0 Å². The summed E-state index contributed by atoms with van der Waals surface area (Å²) in [7, 11) is 0. The minimum absolute atomic E-state index is 0.161. The topological polar surface area (TPSA) is 66.8 Å². The van der Waals surface area contributed by atoms with Crippen LogP contribution in [0.25, 0.3) is 17.0 Å². The molecular formula is C25H25NO5. The van der Waals surface area contributed by atoms with Crippen molar-refractivity contribution in [3.8, 4) is 11.5 Å². The lowest BCUT2D eigenvalue weighted by Crippen LogP contribution is -2.18. The summed E-state index contributed by atoms with van der Waals surface area (Å²) in [4.78, 5) is 24.8. The third-order valence-electron chi connectivity index (χ3n) is 5.11. The number of aryl methyl sites for hydroxylation is 2. The van der Waals surface area contributed by atoms with Crippen LogP contribution in [0.1, 0.15) is 42.3 Å². The number of aromatic nitrogens is 1. The van der Waals surface area contributed by atoms with Gasteiger partial charge in [-0.25, -0.2) is 4.79 Å². The zero-order valence-electron chi connectivity index (χ0n) is 18.1. The normalized spacial score (nSPS) is 14.2. The molecule has 0 bridgehead atoms. The Morgan fingerprint density at radius 3 is 2.74 bits per heavy atom. The molecule has 0 aliphatic carbocycles. The Morgan fingerprint density at radius 2 is 2.00 bits per heavy atom. The first kappa shape index (κ1) is 20.7.